The maximum atomic E-state index is 6.47. The van der Waals surface area contributed by atoms with Crippen LogP contribution in [0.4, 0.5) is 0 Å². The van der Waals surface area contributed by atoms with Crippen molar-refractivity contribution in [3.63, 3.8) is 0 Å². The van der Waals surface area contributed by atoms with Crippen molar-refractivity contribution < 1.29 is 82.7 Å². The van der Waals surface area contributed by atoms with E-state index in [2.05, 4.69) is 107 Å². The molecule has 0 saturated carbocycles. The van der Waals surface area contributed by atoms with Gasteiger partial charge in [0.1, 0.15) is 73.6 Å². The predicted octanol–water partition coefficient (Wildman–Crippen LogP) is 11.6. The third kappa shape index (κ3) is 16.5. The molecule has 474 valence electrons. The fraction of sp³-hybridized carbons (Fsp3) is 0.895. The molecule has 0 aromatic heterocycles. The molecule has 0 N–H and O–H groups in total. The summed E-state index contributed by atoms with van der Waals surface area (Å²) in [7, 11) is -13.8. The minimum Gasteiger partial charge on any atom is -0.370 e. The van der Waals surface area contributed by atoms with Gasteiger partial charge in [0.25, 0.3) is 0 Å². The van der Waals surface area contributed by atoms with Gasteiger partial charge in [-0.15, -0.1) is 0 Å². The van der Waals surface area contributed by atoms with E-state index in [-0.39, 0.29) is 127 Å². The van der Waals surface area contributed by atoms with Gasteiger partial charge in [-0.2, -0.15) is 0 Å². The summed E-state index contributed by atoms with van der Waals surface area (Å²) in [6.45, 7) is 45.4. The summed E-state index contributed by atoms with van der Waals surface area (Å²) in [5, 5.41) is 0. The van der Waals surface area contributed by atoms with Crippen LogP contribution in [0.15, 0.2) is 0 Å². The first kappa shape index (κ1) is 69.6. The van der Waals surface area contributed by atoms with Crippen molar-refractivity contribution in [3.05, 3.63) is 0 Å². The largest absolute Gasteiger partial charge is 0.370 e. The minimum absolute atomic E-state index is 0.0392. The molecule has 9 aliphatic heterocycles. The van der Waals surface area contributed by atoms with E-state index in [9.17, 15) is 0 Å². The van der Waals surface area contributed by atoms with Gasteiger partial charge >= 0.3 is 0 Å². The highest BCUT2D eigenvalue weighted by Gasteiger charge is 2.56. The normalized spacial score (nSPS) is 57.4. The third-order valence-corrected chi connectivity index (χ3v) is 26.5. The summed E-state index contributed by atoms with van der Waals surface area (Å²) in [5.41, 5.74) is -1.65. The van der Waals surface area contributed by atoms with Crippen molar-refractivity contribution in [3.8, 4) is 0 Å². The Morgan fingerprint density at radius 3 is 1.02 bits per heavy atom. The molecule has 6 bridgehead atoms. The van der Waals surface area contributed by atoms with Crippen LogP contribution in [0.3, 0.4) is 0 Å². The Hall–Kier alpha value is 1.08. The number of rotatable bonds is 0. The van der Waals surface area contributed by atoms with Gasteiger partial charge in [-0.05, 0) is 62.3 Å². The average Bonchev–Trinajstić information content (AvgIpc) is 4.06. The first-order valence-electron chi connectivity index (χ1n) is 29.2. The number of fused-ring (bicyclic) bond motifs is 9. The Bertz CT molecular complexity index is 2470. The maximum absolute atomic E-state index is 6.47. The molecule has 9 rings (SSSR count). The van der Waals surface area contributed by atoms with Gasteiger partial charge in [-0.1, -0.05) is 79.3 Å². The maximum Gasteiger partial charge on any atom is 0.116 e. The van der Waals surface area contributed by atoms with E-state index in [0.717, 1.165) is 0 Å². The Morgan fingerprint density at radius 2 is 0.617 bits per heavy atom. The van der Waals surface area contributed by atoms with Crippen LogP contribution in [-0.2, 0) is 82.7 Å². The van der Waals surface area contributed by atoms with Crippen molar-refractivity contribution >= 4 is 81.8 Å². The first-order chi connectivity index (χ1) is 37.0. The monoisotopic (exact) mass is 1270 g/mol. The van der Waals surface area contributed by atoms with Gasteiger partial charge in [0.2, 0.25) is 0 Å². The lowest BCUT2D eigenvalue weighted by molar-refractivity contribution is -0.0879. The van der Waals surface area contributed by atoms with E-state index in [1.165, 1.54) is 0 Å². The fourth-order valence-corrected chi connectivity index (χ4v) is 21.3. The van der Waals surface area contributed by atoms with Crippen LogP contribution in [0.1, 0.15) is 104 Å². The number of hydrogen-bond acceptors (Lipinski definition) is 18. The topological polar surface area (TPSA) is 166 Å². The number of ether oxygens (including phenoxy) is 6. The van der Waals surface area contributed by atoms with Crippen LogP contribution in [0.5, 0.6) is 0 Å². The molecular weight excluding hydrogens is 1160 g/mol. The SMILES string of the molecule is C=P1(C)OC[C@@]2(C)O[C@@H](C)[C@H](C)[C@@H]2OP(=C)(C)OC[C@H]2O[C@@H](C)[C@H](C)[C@@H]2O1.C=P1(C)OC[C@@]2(C)O[C@@H](C)[C@H](C)[C@@H]2OP(=C)(C)OC[C@H]2O[C@@H](C)[C@H](O1)[C@@H]2C.C=P1(C)OC[C@@]2(C)O[C@@H](C)[C@H](OP(=C)(C)OC[C@H]3O[C@@H](C)[C@H](O1)[C@@H]3C)[C@@H]2C. The van der Waals surface area contributed by atoms with Gasteiger partial charge in [-0.3, -0.25) is 0 Å². The molecule has 81 heavy (non-hydrogen) atoms. The van der Waals surface area contributed by atoms with Crippen molar-refractivity contribution in [2.75, 3.05) is 79.6 Å². The third-order valence-electron chi connectivity index (χ3n) is 18.3. The molecule has 0 radical (unpaired) electrons. The van der Waals surface area contributed by atoms with E-state index in [1.807, 2.05) is 74.6 Å². The van der Waals surface area contributed by atoms with E-state index >= 15 is 0 Å². The summed E-state index contributed by atoms with van der Waals surface area (Å²) >= 11 is 0. The molecule has 0 aromatic rings. The van der Waals surface area contributed by atoms with Gasteiger partial charge in [-0.25, -0.2) is 0 Å². The quantitative estimate of drug-likeness (QED) is 0.210. The zero-order chi connectivity index (χ0) is 60.6. The summed E-state index contributed by atoms with van der Waals surface area (Å²) in [5.74, 6) is 1.12. The zero-order valence-corrected chi connectivity index (χ0v) is 58.5. The summed E-state index contributed by atoms with van der Waals surface area (Å²) in [6.07, 6.45) is 24.6. The van der Waals surface area contributed by atoms with Crippen molar-refractivity contribution in [2.45, 2.75) is 212 Å². The van der Waals surface area contributed by atoms with Crippen LogP contribution in [0, 0.1) is 35.5 Å². The number of hydrogen-bond donors (Lipinski definition) is 0. The van der Waals surface area contributed by atoms with Crippen LogP contribution in [-0.4, -0.2) is 226 Å². The molecule has 9 aliphatic rings. The van der Waals surface area contributed by atoms with Gasteiger partial charge in [0.05, 0.1) is 118 Å². The second-order valence-electron chi connectivity index (χ2n) is 26.8. The van der Waals surface area contributed by atoms with Crippen molar-refractivity contribution in [2.24, 2.45) is 35.5 Å². The molecule has 9 heterocycles. The highest BCUT2D eigenvalue weighted by Crippen LogP contribution is 2.59. The molecule has 0 aromatic carbocycles. The summed E-state index contributed by atoms with van der Waals surface area (Å²) in [4.78, 5) is 0. The second-order valence-corrected chi connectivity index (χ2v) is 41.7. The van der Waals surface area contributed by atoms with Crippen molar-refractivity contribution in [1.29, 1.82) is 0 Å². The van der Waals surface area contributed by atoms with Crippen LogP contribution >= 0.6 is 44.0 Å². The summed E-state index contributed by atoms with van der Waals surface area (Å²) in [6, 6.07) is 0. The summed E-state index contributed by atoms with van der Waals surface area (Å²) < 4.78 is 113. The van der Waals surface area contributed by atoms with E-state index in [4.69, 9.17) is 82.7 Å². The van der Waals surface area contributed by atoms with Crippen LogP contribution in [0.25, 0.3) is 0 Å². The molecule has 18 nitrogen and oxygen atoms in total. The molecule has 0 aliphatic carbocycles. The standard InChI is InChI=1S/3C19H36O6P2/c1-12-16-10-20-26(6,7)25-18-13(2)19(5,23-15(18)4)11-21-27(8,9)24-17(12)14(3)22-16;1-12-14(3)23-19(5)11-21-27(8,9)24-17-13(2)16(22-15(17)4)10-20-26(6,7)25-18(12)19;1-12-14(3)22-16-10-20-26(6,7)25-18-13(2)15(4)23-19(18,5)11-21-27(8,9)24-17(12)16/h3*12-18H,6,8,10-11H2,1-5,7,9H3/t12-,13+,14+,15+,16-,17-,18-,19-,26?,27?;12-,13+,14-,15-,16+,17+,18-,19+,26?,27?;12-,13-,14-,15-,16+,17-,18-,19+,26?,27?/m100/s1. The predicted molar refractivity (Wildman–Crippen MR) is 340 cm³/mol. The van der Waals surface area contributed by atoms with Gasteiger partial charge in [0, 0.05) is 75.5 Å². The molecule has 30 atom stereocenters. The molecule has 6 unspecified atom stereocenters. The molecule has 24 heteroatoms. The minimum atomic E-state index is -2.31. The molecule has 9 fully saturated rings. The second kappa shape index (κ2) is 25.8. The molecule has 9 saturated heterocycles. The van der Waals surface area contributed by atoms with Crippen molar-refractivity contribution in [1.82, 2.24) is 0 Å². The lowest BCUT2D eigenvalue weighted by atomic mass is 9.89. The Morgan fingerprint density at radius 1 is 0.309 bits per heavy atom. The Balaban J connectivity index is 0.000000175. The van der Waals surface area contributed by atoms with Crippen LogP contribution < -0.4 is 0 Å². The highest BCUT2D eigenvalue weighted by molar-refractivity contribution is 7.65. The van der Waals surface area contributed by atoms with Gasteiger partial charge < -0.3 is 82.7 Å². The van der Waals surface area contributed by atoms with E-state index < -0.39 is 60.8 Å². The molecule has 0 amide bonds. The molecular formula is C57H108O18P6. The smallest absolute Gasteiger partial charge is 0.116 e. The highest BCUT2D eigenvalue weighted by atomic mass is 31.2. The van der Waals surface area contributed by atoms with Gasteiger partial charge in [0.15, 0.2) is 0 Å². The lowest BCUT2D eigenvalue weighted by Gasteiger charge is -2.38. The fourth-order valence-electron chi connectivity index (χ4n) is 12.7. The zero-order valence-electron chi connectivity index (χ0n) is 53.1. The lowest BCUT2D eigenvalue weighted by Crippen LogP contribution is -2.44. The Labute approximate surface area is 489 Å². The Kier molecular flexibility index (Phi) is 22.1. The molecule has 0 spiro atoms. The van der Waals surface area contributed by atoms with E-state index in [1.54, 1.807) is 0 Å². The van der Waals surface area contributed by atoms with Crippen LogP contribution in [0.2, 0.25) is 0 Å². The average molecular weight is 1270 g/mol. The van der Waals surface area contributed by atoms with E-state index in [0.29, 0.717) is 39.6 Å². The first-order valence-corrected chi connectivity index (χ1v) is 42.8.